The van der Waals surface area contributed by atoms with Crippen molar-refractivity contribution in [1.29, 1.82) is 0 Å². The van der Waals surface area contributed by atoms with Crippen LogP contribution >= 0.6 is 0 Å². The molecule has 0 aliphatic rings. The van der Waals surface area contributed by atoms with Crippen LogP contribution in [0.3, 0.4) is 0 Å². The Bertz CT molecular complexity index is 894. The van der Waals surface area contributed by atoms with Crippen LogP contribution in [0.1, 0.15) is 54.3 Å². The SMILES string of the molecule is C=C(OCC(=O)c1ccc(-c2ccc(C(=O)COC(C)=O)cc2)cc1)[C@H](C)CCC. The van der Waals surface area contributed by atoms with Gasteiger partial charge in [0.2, 0.25) is 0 Å². The summed E-state index contributed by atoms with van der Waals surface area (Å²) in [6, 6.07) is 14.3. The van der Waals surface area contributed by atoms with Gasteiger partial charge in [-0.25, -0.2) is 0 Å². The maximum atomic E-state index is 12.4. The zero-order valence-corrected chi connectivity index (χ0v) is 17.8. The fourth-order valence-corrected chi connectivity index (χ4v) is 2.93. The van der Waals surface area contributed by atoms with Crippen LogP contribution in [0.15, 0.2) is 60.9 Å². The molecule has 0 aliphatic heterocycles. The second-order valence-electron chi connectivity index (χ2n) is 7.23. The second-order valence-corrected chi connectivity index (χ2v) is 7.23. The van der Waals surface area contributed by atoms with E-state index in [1.165, 1.54) is 6.92 Å². The van der Waals surface area contributed by atoms with Gasteiger partial charge in [-0.1, -0.05) is 75.4 Å². The van der Waals surface area contributed by atoms with Crippen LogP contribution in [-0.4, -0.2) is 30.7 Å². The van der Waals surface area contributed by atoms with Gasteiger partial charge < -0.3 is 9.47 Å². The first kappa shape index (κ1) is 23.1. The third-order valence-corrected chi connectivity index (χ3v) is 4.81. The first-order chi connectivity index (χ1) is 14.3. The smallest absolute Gasteiger partial charge is 0.303 e. The molecule has 2 aromatic carbocycles. The molecular formula is C25H28O5. The van der Waals surface area contributed by atoms with Crippen molar-refractivity contribution < 1.29 is 23.9 Å². The number of carbonyl (C=O) groups excluding carboxylic acids is 3. The van der Waals surface area contributed by atoms with Gasteiger partial charge in [-0.05, 0) is 17.5 Å². The molecule has 0 fully saturated rings. The van der Waals surface area contributed by atoms with Crippen LogP contribution in [-0.2, 0) is 14.3 Å². The summed E-state index contributed by atoms with van der Waals surface area (Å²) in [7, 11) is 0. The Morgan fingerprint density at radius 1 is 0.833 bits per heavy atom. The highest BCUT2D eigenvalue weighted by Crippen LogP contribution is 2.21. The summed E-state index contributed by atoms with van der Waals surface area (Å²) in [5.74, 6) is 0.0318. The average Bonchev–Trinajstić information content (AvgIpc) is 2.75. The van der Waals surface area contributed by atoms with E-state index in [2.05, 4.69) is 13.5 Å². The van der Waals surface area contributed by atoms with Crippen molar-refractivity contribution >= 4 is 17.5 Å². The molecule has 0 bridgehead atoms. The van der Waals surface area contributed by atoms with Gasteiger partial charge in [0.1, 0.15) is 0 Å². The predicted octanol–water partition coefficient (Wildman–Crippen LogP) is 5.25. The van der Waals surface area contributed by atoms with Gasteiger partial charge in [0.15, 0.2) is 24.8 Å². The summed E-state index contributed by atoms with van der Waals surface area (Å²) in [6.07, 6.45) is 2.02. The van der Waals surface area contributed by atoms with Crippen molar-refractivity contribution in [2.75, 3.05) is 13.2 Å². The van der Waals surface area contributed by atoms with Crippen molar-refractivity contribution in [1.82, 2.24) is 0 Å². The van der Waals surface area contributed by atoms with E-state index in [1.54, 1.807) is 24.3 Å². The van der Waals surface area contributed by atoms with E-state index < -0.39 is 5.97 Å². The minimum absolute atomic E-state index is 0.0224. The molecule has 2 rings (SSSR count). The molecule has 0 spiro atoms. The molecule has 0 saturated heterocycles. The standard InChI is InChI=1S/C25H28O5/c1-5-6-17(2)18(3)29-15-24(27)22-11-7-20(8-12-22)21-9-13-23(14-10-21)25(28)16-30-19(4)26/h7-14,17H,3,5-6,15-16H2,1-2,4H3/t17-/m1/s1. The van der Waals surface area contributed by atoms with Crippen LogP contribution in [0, 0.1) is 5.92 Å². The maximum Gasteiger partial charge on any atom is 0.303 e. The van der Waals surface area contributed by atoms with E-state index >= 15 is 0 Å². The molecule has 0 aromatic heterocycles. The van der Waals surface area contributed by atoms with Crippen LogP contribution < -0.4 is 0 Å². The lowest BCUT2D eigenvalue weighted by molar-refractivity contribution is -0.139. The van der Waals surface area contributed by atoms with Crippen molar-refractivity contribution in [2.24, 2.45) is 5.92 Å². The minimum atomic E-state index is -0.486. The molecule has 5 heteroatoms. The van der Waals surface area contributed by atoms with Gasteiger partial charge in [-0.3, -0.25) is 14.4 Å². The molecule has 0 aliphatic carbocycles. The number of carbonyl (C=O) groups is 3. The van der Waals surface area contributed by atoms with E-state index in [1.807, 2.05) is 31.2 Å². The van der Waals surface area contributed by atoms with E-state index in [4.69, 9.17) is 9.47 Å². The molecule has 0 heterocycles. The monoisotopic (exact) mass is 408 g/mol. The Hall–Kier alpha value is -3.21. The van der Waals surface area contributed by atoms with E-state index in [-0.39, 0.29) is 30.7 Å². The summed E-state index contributed by atoms with van der Waals surface area (Å²) < 4.78 is 10.3. The minimum Gasteiger partial charge on any atom is -0.490 e. The molecular weight excluding hydrogens is 380 g/mol. The molecule has 0 radical (unpaired) electrons. The van der Waals surface area contributed by atoms with Crippen LogP contribution in [0.2, 0.25) is 0 Å². The van der Waals surface area contributed by atoms with Gasteiger partial charge >= 0.3 is 5.97 Å². The first-order valence-corrected chi connectivity index (χ1v) is 10.0. The second kappa shape index (κ2) is 11.1. The van der Waals surface area contributed by atoms with E-state index in [9.17, 15) is 14.4 Å². The van der Waals surface area contributed by atoms with Gasteiger partial charge in [-0.2, -0.15) is 0 Å². The molecule has 1 atom stereocenters. The number of hydrogen-bond acceptors (Lipinski definition) is 5. The first-order valence-electron chi connectivity index (χ1n) is 10.0. The normalized spacial score (nSPS) is 11.4. The highest BCUT2D eigenvalue weighted by atomic mass is 16.5. The Morgan fingerprint density at radius 3 is 1.67 bits per heavy atom. The Labute approximate surface area is 177 Å². The molecule has 2 aromatic rings. The largest absolute Gasteiger partial charge is 0.490 e. The van der Waals surface area contributed by atoms with Crippen molar-refractivity contribution in [3.63, 3.8) is 0 Å². The number of hydrogen-bond donors (Lipinski definition) is 0. The summed E-state index contributed by atoms with van der Waals surface area (Å²) in [6.45, 7) is 9.03. The number of esters is 1. The Balaban J connectivity index is 1.96. The Morgan fingerprint density at radius 2 is 1.27 bits per heavy atom. The number of ether oxygens (including phenoxy) is 2. The topological polar surface area (TPSA) is 69.7 Å². The van der Waals surface area contributed by atoms with E-state index in [0.29, 0.717) is 16.9 Å². The van der Waals surface area contributed by atoms with Gasteiger partial charge in [0.05, 0.1) is 5.76 Å². The van der Waals surface area contributed by atoms with Crippen LogP contribution in [0.25, 0.3) is 11.1 Å². The average molecular weight is 408 g/mol. The molecule has 30 heavy (non-hydrogen) atoms. The highest BCUT2D eigenvalue weighted by molar-refractivity contribution is 5.99. The lowest BCUT2D eigenvalue weighted by Gasteiger charge is -2.14. The molecule has 0 amide bonds. The summed E-state index contributed by atoms with van der Waals surface area (Å²) in [4.78, 5) is 35.2. The third kappa shape index (κ3) is 6.69. The lowest BCUT2D eigenvalue weighted by Crippen LogP contribution is -2.12. The molecule has 158 valence electrons. The lowest BCUT2D eigenvalue weighted by atomic mass is 10.0. The summed E-state index contributed by atoms with van der Waals surface area (Å²) in [5, 5.41) is 0. The number of Topliss-reactive ketones (excluding diaryl/α,β-unsaturated/α-hetero) is 2. The van der Waals surface area contributed by atoms with Crippen molar-refractivity contribution in [3.8, 4) is 11.1 Å². The predicted molar refractivity (Wildman–Crippen MR) is 116 cm³/mol. The summed E-state index contributed by atoms with van der Waals surface area (Å²) >= 11 is 0. The number of allylic oxidation sites excluding steroid dienone is 1. The maximum absolute atomic E-state index is 12.4. The molecule has 0 saturated carbocycles. The van der Waals surface area contributed by atoms with Crippen molar-refractivity contribution in [2.45, 2.75) is 33.6 Å². The van der Waals surface area contributed by atoms with Gasteiger partial charge in [0, 0.05) is 24.0 Å². The molecule has 5 nitrogen and oxygen atoms in total. The van der Waals surface area contributed by atoms with Gasteiger partial charge in [-0.15, -0.1) is 0 Å². The highest BCUT2D eigenvalue weighted by Gasteiger charge is 2.12. The summed E-state index contributed by atoms with van der Waals surface area (Å²) in [5.41, 5.74) is 2.88. The zero-order valence-electron chi connectivity index (χ0n) is 17.8. The molecule has 0 N–H and O–H groups in total. The number of ketones is 2. The quantitative estimate of drug-likeness (QED) is 0.289. The van der Waals surface area contributed by atoms with Crippen LogP contribution in [0.4, 0.5) is 0 Å². The fraction of sp³-hybridized carbons (Fsp3) is 0.320. The van der Waals surface area contributed by atoms with Gasteiger partial charge in [0.25, 0.3) is 0 Å². The Kier molecular flexibility index (Phi) is 8.54. The zero-order chi connectivity index (χ0) is 22.1. The fourth-order valence-electron chi connectivity index (χ4n) is 2.93. The number of rotatable bonds is 11. The van der Waals surface area contributed by atoms with E-state index in [0.717, 1.165) is 24.0 Å². The van der Waals surface area contributed by atoms with Crippen molar-refractivity contribution in [3.05, 3.63) is 72.0 Å². The molecule has 0 unspecified atom stereocenters. The third-order valence-electron chi connectivity index (χ3n) is 4.81. The number of benzene rings is 2. The van der Waals surface area contributed by atoms with Crippen LogP contribution in [0.5, 0.6) is 0 Å².